The van der Waals surface area contributed by atoms with Crippen LogP contribution in [-0.2, 0) is 4.79 Å². The van der Waals surface area contributed by atoms with Crippen LogP contribution in [0.25, 0.3) is 6.08 Å². The van der Waals surface area contributed by atoms with Crippen molar-refractivity contribution in [3.05, 3.63) is 41.5 Å². The van der Waals surface area contributed by atoms with Gasteiger partial charge in [0.05, 0.1) is 6.54 Å². The first-order valence-corrected chi connectivity index (χ1v) is 6.15. The summed E-state index contributed by atoms with van der Waals surface area (Å²) >= 11 is 0. The summed E-state index contributed by atoms with van der Waals surface area (Å²) in [4.78, 5) is 13.8. The molecule has 0 aliphatic carbocycles. The molecule has 0 N–H and O–H groups in total. The lowest BCUT2D eigenvalue weighted by molar-refractivity contribution is -0.115. The van der Waals surface area contributed by atoms with E-state index in [0.29, 0.717) is 6.54 Å². The number of hydrogen-bond acceptors (Lipinski definition) is 2. The summed E-state index contributed by atoms with van der Waals surface area (Å²) in [6.07, 6.45) is 3.55. The van der Waals surface area contributed by atoms with Crippen LogP contribution in [0, 0.1) is 6.92 Å². The highest BCUT2D eigenvalue weighted by Crippen LogP contribution is 2.05. The zero-order chi connectivity index (χ0) is 12.7. The average molecular weight is 312 g/mol. The third kappa shape index (κ3) is 6.12. The molecule has 3 heteroatoms. The fraction of sp³-hybridized carbons (Fsp3) is 0.400. The van der Waals surface area contributed by atoms with Crippen molar-refractivity contribution in [2.24, 2.45) is 0 Å². The van der Waals surface area contributed by atoms with Gasteiger partial charge in [-0.25, -0.2) is 0 Å². The molecular weight excluding hydrogens is 290 g/mol. The zero-order valence-electron chi connectivity index (χ0n) is 11.3. The Labute approximate surface area is 120 Å². The smallest absolute Gasteiger partial charge is 0.169 e. The molecule has 0 fully saturated rings. The number of carbonyl (C=O) groups is 1. The third-order valence-electron chi connectivity index (χ3n) is 2.81. The first-order chi connectivity index (χ1) is 8.15. The van der Waals surface area contributed by atoms with Gasteiger partial charge in [-0.15, -0.1) is 17.0 Å². The first kappa shape index (κ1) is 17.1. The van der Waals surface area contributed by atoms with Gasteiger partial charge in [0.15, 0.2) is 5.78 Å². The van der Waals surface area contributed by atoms with Crippen LogP contribution in [0.15, 0.2) is 30.3 Å². The topological polar surface area (TPSA) is 20.3 Å². The number of benzene rings is 1. The summed E-state index contributed by atoms with van der Waals surface area (Å²) in [6, 6.07) is 8.15. The van der Waals surface area contributed by atoms with E-state index in [4.69, 9.17) is 0 Å². The second kappa shape index (κ2) is 9.06. The summed E-state index contributed by atoms with van der Waals surface area (Å²) in [5, 5.41) is 0. The van der Waals surface area contributed by atoms with Gasteiger partial charge in [-0.3, -0.25) is 9.69 Å². The van der Waals surface area contributed by atoms with Crippen molar-refractivity contribution in [3.63, 3.8) is 0 Å². The molecule has 0 amide bonds. The molecule has 100 valence electrons. The maximum absolute atomic E-state index is 11.7. The lowest BCUT2D eigenvalue weighted by Crippen LogP contribution is -2.28. The molecule has 0 atom stereocenters. The largest absolute Gasteiger partial charge is 0.296 e. The molecule has 1 aromatic carbocycles. The lowest BCUT2D eigenvalue weighted by atomic mass is 10.1. The Hall–Kier alpha value is -0.930. The number of hydrogen-bond donors (Lipinski definition) is 0. The number of likely N-dealkylation sites (N-methyl/N-ethyl adjacent to an activating group) is 1. The van der Waals surface area contributed by atoms with E-state index in [0.717, 1.165) is 18.7 Å². The number of rotatable bonds is 6. The molecule has 0 saturated heterocycles. The summed E-state index contributed by atoms with van der Waals surface area (Å²) in [5.41, 5.74) is 2.31. The predicted octanol–water partition coefficient (Wildman–Crippen LogP) is 3.50. The van der Waals surface area contributed by atoms with Crippen molar-refractivity contribution in [2.45, 2.75) is 20.8 Å². The summed E-state index contributed by atoms with van der Waals surface area (Å²) in [5.74, 6) is 0.161. The van der Waals surface area contributed by atoms with Gasteiger partial charge in [-0.1, -0.05) is 49.8 Å². The third-order valence-corrected chi connectivity index (χ3v) is 2.81. The van der Waals surface area contributed by atoms with Crippen LogP contribution < -0.4 is 0 Å². The molecule has 0 radical (unpaired) electrons. The maximum Gasteiger partial charge on any atom is 0.169 e. The van der Waals surface area contributed by atoms with E-state index in [1.165, 1.54) is 5.56 Å². The summed E-state index contributed by atoms with van der Waals surface area (Å²) in [6.45, 7) is 8.54. The highest BCUT2D eigenvalue weighted by molar-refractivity contribution is 8.93. The van der Waals surface area contributed by atoms with Crippen molar-refractivity contribution in [1.29, 1.82) is 0 Å². The van der Waals surface area contributed by atoms with Gasteiger partial charge < -0.3 is 0 Å². The first-order valence-electron chi connectivity index (χ1n) is 6.15. The summed E-state index contributed by atoms with van der Waals surface area (Å²) < 4.78 is 0. The molecule has 0 aromatic heterocycles. The van der Waals surface area contributed by atoms with Crippen molar-refractivity contribution < 1.29 is 4.79 Å². The molecule has 0 spiro atoms. The number of carbonyl (C=O) groups excluding carboxylic acids is 1. The van der Waals surface area contributed by atoms with Crippen molar-refractivity contribution >= 4 is 28.8 Å². The van der Waals surface area contributed by atoms with Crippen LogP contribution in [-0.4, -0.2) is 30.3 Å². The summed E-state index contributed by atoms with van der Waals surface area (Å²) in [7, 11) is 0. The van der Waals surface area contributed by atoms with Gasteiger partial charge in [0.2, 0.25) is 0 Å². The predicted molar refractivity (Wildman–Crippen MR) is 83.3 cm³/mol. The Morgan fingerprint density at radius 3 is 2.22 bits per heavy atom. The van der Waals surface area contributed by atoms with Crippen LogP contribution in [0.4, 0.5) is 0 Å². The van der Waals surface area contributed by atoms with Crippen LogP contribution in [0.5, 0.6) is 0 Å². The van der Waals surface area contributed by atoms with Crippen molar-refractivity contribution in [2.75, 3.05) is 19.6 Å². The van der Waals surface area contributed by atoms with E-state index in [9.17, 15) is 4.79 Å². The highest BCUT2D eigenvalue weighted by atomic mass is 79.9. The van der Waals surface area contributed by atoms with E-state index in [2.05, 4.69) is 37.8 Å². The minimum atomic E-state index is 0. The zero-order valence-corrected chi connectivity index (χ0v) is 13.1. The second-order valence-corrected chi connectivity index (χ2v) is 4.17. The molecule has 0 aliphatic rings. The molecule has 0 aliphatic heterocycles. The molecular formula is C15H22BrNO. The van der Waals surface area contributed by atoms with Gasteiger partial charge in [-0.05, 0) is 31.7 Å². The minimum absolute atomic E-state index is 0. The van der Waals surface area contributed by atoms with Crippen LogP contribution in [0.2, 0.25) is 0 Å². The molecule has 0 bridgehead atoms. The van der Waals surface area contributed by atoms with E-state index in [1.807, 2.05) is 18.2 Å². The second-order valence-electron chi connectivity index (χ2n) is 4.17. The van der Waals surface area contributed by atoms with Gasteiger partial charge >= 0.3 is 0 Å². The Morgan fingerprint density at radius 1 is 1.17 bits per heavy atom. The molecule has 1 aromatic rings. The van der Waals surface area contributed by atoms with Gasteiger partial charge in [-0.2, -0.15) is 0 Å². The van der Waals surface area contributed by atoms with Crippen LogP contribution >= 0.6 is 17.0 Å². The SMILES string of the molecule is Br.CCN(CC)CC(=O)/C=C/c1ccc(C)cc1. The molecule has 2 nitrogen and oxygen atoms in total. The molecule has 1 rings (SSSR count). The van der Waals surface area contributed by atoms with E-state index >= 15 is 0 Å². The number of halogens is 1. The minimum Gasteiger partial charge on any atom is -0.296 e. The van der Waals surface area contributed by atoms with Crippen molar-refractivity contribution in [3.8, 4) is 0 Å². The van der Waals surface area contributed by atoms with Crippen LogP contribution in [0.1, 0.15) is 25.0 Å². The van der Waals surface area contributed by atoms with E-state index < -0.39 is 0 Å². The fourth-order valence-electron chi connectivity index (χ4n) is 1.59. The average Bonchev–Trinajstić information content (AvgIpc) is 2.35. The maximum atomic E-state index is 11.7. The van der Waals surface area contributed by atoms with Crippen LogP contribution in [0.3, 0.4) is 0 Å². The quantitative estimate of drug-likeness (QED) is 0.749. The lowest BCUT2D eigenvalue weighted by Gasteiger charge is -2.15. The Kier molecular flexibility index (Phi) is 8.59. The Bertz CT molecular complexity index is 380. The number of ketones is 1. The van der Waals surface area contributed by atoms with E-state index in [1.54, 1.807) is 6.08 Å². The molecule has 0 unspecified atom stereocenters. The highest BCUT2D eigenvalue weighted by Gasteiger charge is 2.03. The van der Waals surface area contributed by atoms with Gasteiger partial charge in [0.1, 0.15) is 0 Å². The molecule has 0 saturated carbocycles. The van der Waals surface area contributed by atoms with Gasteiger partial charge in [0, 0.05) is 0 Å². The Morgan fingerprint density at radius 2 is 1.72 bits per heavy atom. The Balaban J connectivity index is 0.00000289. The number of aryl methyl sites for hydroxylation is 1. The fourth-order valence-corrected chi connectivity index (χ4v) is 1.59. The monoisotopic (exact) mass is 311 g/mol. The molecule has 0 heterocycles. The standard InChI is InChI=1S/C15H21NO.BrH/c1-4-16(5-2)12-15(17)11-10-14-8-6-13(3)7-9-14;/h6-11H,4-5,12H2,1-3H3;1H/b11-10+;. The van der Waals surface area contributed by atoms with Gasteiger partial charge in [0.25, 0.3) is 0 Å². The molecule has 18 heavy (non-hydrogen) atoms. The van der Waals surface area contributed by atoms with E-state index in [-0.39, 0.29) is 22.8 Å². The normalized spacial score (nSPS) is 10.7. The number of nitrogens with zero attached hydrogens (tertiary/aromatic N) is 1. The van der Waals surface area contributed by atoms with Crippen molar-refractivity contribution in [1.82, 2.24) is 4.90 Å².